The summed E-state index contributed by atoms with van der Waals surface area (Å²) in [6, 6.07) is 0. The minimum absolute atomic E-state index is 0.248. The molecule has 0 heterocycles. The van der Waals surface area contributed by atoms with Gasteiger partial charge in [-0.25, -0.2) is 0 Å². The van der Waals surface area contributed by atoms with Gasteiger partial charge in [0.05, 0.1) is 0 Å². The lowest BCUT2D eigenvalue weighted by Crippen LogP contribution is -2.15. The van der Waals surface area contributed by atoms with Crippen LogP contribution in [0.3, 0.4) is 0 Å². The molecule has 0 amide bonds. The number of thiocarbonyl (C=S) groups is 1. The molecule has 0 unspecified atom stereocenters. The van der Waals surface area contributed by atoms with E-state index < -0.39 is 0 Å². The Balaban J connectivity index is 4.35. The van der Waals surface area contributed by atoms with Crippen LogP contribution < -0.4 is 0 Å². The molecule has 0 aromatic carbocycles. The zero-order valence-electron chi connectivity index (χ0n) is 6.62. The van der Waals surface area contributed by atoms with E-state index in [9.17, 15) is 0 Å². The predicted octanol–water partition coefficient (Wildman–Crippen LogP) is 2.29. The monoisotopic (exact) mass is 158 g/mol. The molecule has 0 aromatic heterocycles. The van der Waals surface area contributed by atoms with Crippen molar-refractivity contribution in [2.75, 3.05) is 0 Å². The molecule has 0 aromatic rings. The summed E-state index contributed by atoms with van der Waals surface area (Å²) < 4.78 is 0. The summed E-state index contributed by atoms with van der Waals surface area (Å²) in [5.41, 5.74) is 0. The predicted molar refractivity (Wildman–Crippen MR) is 51.1 cm³/mol. The van der Waals surface area contributed by atoms with Gasteiger partial charge in [0, 0.05) is 13.3 Å². The van der Waals surface area contributed by atoms with Crippen molar-refractivity contribution >= 4 is 30.7 Å². The molecule has 0 aliphatic rings. The van der Waals surface area contributed by atoms with E-state index in [0.717, 1.165) is 11.3 Å². The van der Waals surface area contributed by atoms with Crippen molar-refractivity contribution in [2.45, 2.75) is 33.4 Å². The summed E-state index contributed by atoms with van der Waals surface area (Å²) in [6.07, 6.45) is 1.15. The first-order valence-electron chi connectivity index (χ1n) is 3.26. The summed E-state index contributed by atoms with van der Waals surface area (Å²) in [4.78, 5) is 1.12. The van der Waals surface area contributed by atoms with E-state index >= 15 is 0 Å². The van der Waals surface area contributed by atoms with Crippen LogP contribution in [-0.2, 0) is 0 Å². The molecular formula is C7H14SSi. The summed E-state index contributed by atoms with van der Waals surface area (Å²) in [7, 11) is -0.248. The molecule has 0 radical (unpaired) electrons. The van der Waals surface area contributed by atoms with Crippen LogP contribution in [0.5, 0.6) is 0 Å². The van der Waals surface area contributed by atoms with Crippen LogP contribution in [0, 0.1) is 0 Å². The molecule has 52 valence electrons. The van der Waals surface area contributed by atoms with Crippen molar-refractivity contribution in [2.24, 2.45) is 0 Å². The fourth-order valence-electron chi connectivity index (χ4n) is 0.955. The van der Waals surface area contributed by atoms with Crippen LogP contribution in [-0.4, -0.2) is 18.4 Å². The standard InChI is InChI=1S/C7H14SSi/c1-5-7(6(2)8)9(3)4/h5H2,1-4H3. The van der Waals surface area contributed by atoms with Crippen LogP contribution in [0.1, 0.15) is 20.3 Å². The molecule has 0 spiro atoms. The number of hydrogen-bond donors (Lipinski definition) is 0. The second-order valence-electron chi connectivity index (χ2n) is 2.39. The largest absolute Gasteiger partial charge is 0.0854 e. The molecule has 0 saturated heterocycles. The van der Waals surface area contributed by atoms with E-state index in [2.05, 4.69) is 20.0 Å². The fraction of sp³-hybridized carbons (Fsp3) is 0.714. The minimum Gasteiger partial charge on any atom is -0.0854 e. The Hall–Kier alpha value is 0.177. The van der Waals surface area contributed by atoms with Crippen LogP contribution in [0.15, 0.2) is 0 Å². The molecule has 0 fully saturated rings. The summed E-state index contributed by atoms with van der Waals surface area (Å²) in [5, 5.41) is 1.52. The lowest BCUT2D eigenvalue weighted by atomic mass is 10.3. The molecule has 9 heavy (non-hydrogen) atoms. The zero-order chi connectivity index (χ0) is 7.44. The van der Waals surface area contributed by atoms with Crippen molar-refractivity contribution in [3.8, 4) is 0 Å². The first-order valence-corrected chi connectivity index (χ1v) is 6.17. The first kappa shape index (κ1) is 9.18. The van der Waals surface area contributed by atoms with E-state index in [-0.39, 0.29) is 8.41 Å². The number of rotatable bonds is 2. The first-order chi connectivity index (χ1) is 4.09. The Morgan fingerprint density at radius 1 is 1.44 bits per heavy atom. The van der Waals surface area contributed by atoms with Crippen molar-refractivity contribution in [3.05, 3.63) is 0 Å². The van der Waals surface area contributed by atoms with Crippen molar-refractivity contribution < 1.29 is 0 Å². The number of hydrogen-bond acceptors (Lipinski definition) is 1. The topological polar surface area (TPSA) is 0 Å². The van der Waals surface area contributed by atoms with Gasteiger partial charge in [0.15, 0.2) is 0 Å². The smallest absolute Gasteiger partial charge is 0.0106 e. The third kappa shape index (κ3) is 3.01. The molecule has 0 aliphatic heterocycles. The quantitative estimate of drug-likeness (QED) is 0.439. The maximum atomic E-state index is 5.08. The highest BCUT2D eigenvalue weighted by Gasteiger charge is 1.97. The second kappa shape index (κ2) is 4.07. The van der Waals surface area contributed by atoms with E-state index in [1.807, 2.05) is 6.92 Å². The van der Waals surface area contributed by atoms with Gasteiger partial charge >= 0.3 is 0 Å². The second-order valence-corrected chi connectivity index (χ2v) is 5.60. The van der Waals surface area contributed by atoms with Crippen molar-refractivity contribution in [1.82, 2.24) is 0 Å². The van der Waals surface area contributed by atoms with Gasteiger partial charge in [-0.15, -0.1) is 0 Å². The van der Waals surface area contributed by atoms with Gasteiger partial charge in [-0.1, -0.05) is 37.4 Å². The molecule has 0 atom stereocenters. The Kier molecular flexibility index (Phi) is 4.15. The highest BCUT2D eigenvalue weighted by atomic mass is 32.1. The molecular weight excluding hydrogens is 144 g/mol. The molecule has 0 bridgehead atoms. The Morgan fingerprint density at radius 3 is 1.89 bits per heavy atom. The average Bonchev–Trinajstić information content (AvgIpc) is 1.64. The Labute approximate surface area is 64.5 Å². The maximum Gasteiger partial charge on any atom is 0.0106 e. The maximum absolute atomic E-state index is 5.08. The SMILES string of the molecule is CCC(C(C)=S)=[Si](C)C. The molecule has 0 aliphatic carbocycles. The van der Waals surface area contributed by atoms with Crippen molar-refractivity contribution in [1.29, 1.82) is 0 Å². The van der Waals surface area contributed by atoms with E-state index in [4.69, 9.17) is 12.2 Å². The van der Waals surface area contributed by atoms with Crippen molar-refractivity contribution in [3.63, 3.8) is 0 Å². The van der Waals surface area contributed by atoms with E-state index in [1.165, 1.54) is 5.17 Å². The summed E-state index contributed by atoms with van der Waals surface area (Å²) in [5.74, 6) is 0. The Bertz CT molecular complexity index is 143. The highest BCUT2D eigenvalue weighted by molar-refractivity contribution is 7.82. The van der Waals surface area contributed by atoms with Crippen LogP contribution in [0.2, 0.25) is 13.1 Å². The van der Waals surface area contributed by atoms with Gasteiger partial charge in [0.25, 0.3) is 0 Å². The summed E-state index contributed by atoms with van der Waals surface area (Å²) in [6.45, 7) is 8.80. The lowest BCUT2D eigenvalue weighted by Gasteiger charge is -2.02. The Morgan fingerprint density at radius 2 is 1.89 bits per heavy atom. The lowest BCUT2D eigenvalue weighted by molar-refractivity contribution is 1.33. The minimum atomic E-state index is -0.248. The van der Waals surface area contributed by atoms with Gasteiger partial charge in [0.2, 0.25) is 0 Å². The van der Waals surface area contributed by atoms with E-state index in [1.54, 1.807) is 0 Å². The average molecular weight is 158 g/mol. The van der Waals surface area contributed by atoms with Crippen LogP contribution >= 0.6 is 12.2 Å². The third-order valence-corrected chi connectivity index (χ3v) is 3.75. The van der Waals surface area contributed by atoms with Crippen LogP contribution in [0.4, 0.5) is 0 Å². The molecule has 2 heteroatoms. The van der Waals surface area contributed by atoms with Gasteiger partial charge in [-0.2, -0.15) is 0 Å². The van der Waals surface area contributed by atoms with Gasteiger partial charge < -0.3 is 0 Å². The third-order valence-electron chi connectivity index (χ3n) is 1.38. The molecule has 0 saturated carbocycles. The van der Waals surface area contributed by atoms with E-state index in [0.29, 0.717) is 0 Å². The van der Waals surface area contributed by atoms with Gasteiger partial charge in [-0.3, -0.25) is 0 Å². The molecule has 0 nitrogen and oxygen atoms in total. The normalized spacial score (nSPS) is 8.89. The van der Waals surface area contributed by atoms with Gasteiger partial charge in [-0.05, 0) is 13.3 Å². The molecule has 0 rings (SSSR count). The highest BCUT2D eigenvalue weighted by Crippen LogP contribution is 1.89. The zero-order valence-corrected chi connectivity index (χ0v) is 8.43. The summed E-state index contributed by atoms with van der Waals surface area (Å²) >= 11 is 5.08. The van der Waals surface area contributed by atoms with Crippen LogP contribution in [0.25, 0.3) is 0 Å². The van der Waals surface area contributed by atoms with Gasteiger partial charge in [0.1, 0.15) is 0 Å². The fourth-order valence-corrected chi connectivity index (χ4v) is 3.12. The molecule has 0 N–H and O–H groups in total.